The third kappa shape index (κ3) is 1.53. The van der Waals surface area contributed by atoms with Gasteiger partial charge in [0.25, 0.3) is 0 Å². The smallest absolute Gasteiger partial charge is 0.230 e. The van der Waals surface area contributed by atoms with Crippen LogP contribution in [0.3, 0.4) is 0 Å². The number of fused-ring (bicyclic) bond motifs is 1. The molecule has 0 N–H and O–H groups in total. The van der Waals surface area contributed by atoms with Gasteiger partial charge >= 0.3 is 0 Å². The van der Waals surface area contributed by atoms with Gasteiger partial charge in [0.1, 0.15) is 0 Å². The van der Waals surface area contributed by atoms with E-state index in [-0.39, 0.29) is 4.83 Å². The molecule has 2 saturated carbocycles. The van der Waals surface area contributed by atoms with E-state index in [0.29, 0.717) is 5.92 Å². The van der Waals surface area contributed by atoms with E-state index in [2.05, 4.69) is 33.1 Å². The van der Waals surface area contributed by atoms with Crippen molar-refractivity contribution in [2.24, 2.45) is 11.8 Å². The zero-order valence-electron chi connectivity index (χ0n) is 8.82. The number of hydrogen-bond donors (Lipinski definition) is 0. The number of aromatic nitrogens is 2. The van der Waals surface area contributed by atoms with E-state index in [1.54, 1.807) is 0 Å². The highest BCUT2D eigenvalue weighted by molar-refractivity contribution is 9.09. The van der Waals surface area contributed by atoms with E-state index < -0.39 is 0 Å². The Morgan fingerprint density at radius 2 is 2.13 bits per heavy atom. The van der Waals surface area contributed by atoms with Crippen LogP contribution in [0.5, 0.6) is 0 Å². The molecule has 0 saturated heterocycles. The van der Waals surface area contributed by atoms with Crippen LogP contribution in [0.1, 0.15) is 55.1 Å². The molecule has 0 spiro atoms. The number of alkyl halides is 1. The van der Waals surface area contributed by atoms with Crippen molar-refractivity contribution in [2.75, 3.05) is 0 Å². The fourth-order valence-electron chi connectivity index (χ4n) is 2.87. The summed E-state index contributed by atoms with van der Waals surface area (Å²) >= 11 is 3.53. The number of hydrogen-bond acceptors (Lipinski definition) is 3. The van der Waals surface area contributed by atoms with Crippen molar-refractivity contribution in [1.82, 2.24) is 10.2 Å². The van der Waals surface area contributed by atoms with Gasteiger partial charge in [-0.3, -0.25) is 0 Å². The highest BCUT2D eigenvalue weighted by atomic mass is 79.9. The van der Waals surface area contributed by atoms with E-state index in [0.717, 1.165) is 30.0 Å². The molecule has 0 radical (unpaired) electrons. The van der Waals surface area contributed by atoms with Gasteiger partial charge in [0.2, 0.25) is 11.8 Å². The SMILES string of the molecule is CCC(Br)c1nnc(C2C3CCCC32)o1. The Balaban J connectivity index is 1.75. The van der Waals surface area contributed by atoms with Gasteiger partial charge in [-0.1, -0.05) is 29.3 Å². The molecule has 0 aromatic carbocycles. The van der Waals surface area contributed by atoms with Crippen LogP contribution in [-0.4, -0.2) is 10.2 Å². The molecule has 15 heavy (non-hydrogen) atoms. The minimum absolute atomic E-state index is 0.220. The van der Waals surface area contributed by atoms with E-state index in [1.807, 2.05) is 0 Å². The van der Waals surface area contributed by atoms with Crippen LogP contribution < -0.4 is 0 Å². The van der Waals surface area contributed by atoms with Crippen LogP contribution in [0, 0.1) is 11.8 Å². The molecule has 3 unspecified atom stereocenters. The summed E-state index contributed by atoms with van der Waals surface area (Å²) in [5.41, 5.74) is 0. The largest absolute Gasteiger partial charge is 0.424 e. The molecule has 1 aromatic rings. The Morgan fingerprint density at radius 1 is 1.40 bits per heavy atom. The van der Waals surface area contributed by atoms with Gasteiger partial charge in [-0.15, -0.1) is 10.2 Å². The van der Waals surface area contributed by atoms with E-state index in [4.69, 9.17) is 4.42 Å². The summed E-state index contributed by atoms with van der Waals surface area (Å²) in [6, 6.07) is 0. The highest BCUT2D eigenvalue weighted by Gasteiger charge is 2.56. The molecule has 2 aliphatic rings. The van der Waals surface area contributed by atoms with Crippen molar-refractivity contribution in [3.05, 3.63) is 11.8 Å². The van der Waals surface area contributed by atoms with Crippen LogP contribution in [-0.2, 0) is 0 Å². The second-order valence-corrected chi connectivity index (χ2v) is 5.74. The third-order valence-corrected chi connectivity index (χ3v) is 4.81. The number of halogens is 1. The zero-order valence-corrected chi connectivity index (χ0v) is 10.4. The van der Waals surface area contributed by atoms with Crippen molar-refractivity contribution in [3.63, 3.8) is 0 Å². The monoisotopic (exact) mass is 270 g/mol. The maximum Gasteiger partial charge on any atom is 0.230 e. The molecule has 4 heteroatoms. The van der Waals surface area contributed by atoms with E-state index in [9.17, 15) is 0 Å². The van der Waals surface area contributed by atoms with Crippen LogP contribution in [0.15, 0.2) is 4.42 Å². The fourth-order valence-corrected chi connectivity index (χ4v) is 3.06. The van der Waals surface area contributed by atoms with Gasteiger partial charge in [-0.2, -0.15) is 0 Å². The zero-order chi connectivity index (χ0) is 10.4. The Labute approximate surface area is 97.8 Å². The molecule has 3 nitrogen and oxygen atoms in total. The summed E-state index contributed by atoms with van der Waals surface area (Å²) in [4.78, 5) is 0.220. The lowest BCUT2D eigenvalue weighted by atomic mass is 10.1. The first kappa shape index (κ1) is 9.82. The lowest BCUT2D eigenvalue weighted by Gasteiger charge is -1.99. The van der Waals surface area contributed by atoms with Crippen LogP contribution in [0.25, 0.3) is 0 Å². The molecule has 3 atom stereocenters. The Hall–Kier alpha value is -0.380. The molecule has 0 aliphatic heterocycles. The van der Waals surface area contributed by atoms with Gasteiger partial charge < -0.3 is 4.42 Å². The van der Waals surface area contributed by atoms with Gasteiger partial charge in [0, 0.05) is 5.92 Å². The maximum atomic E-state index is 5.73. The average molecular weight is 271 g/mol. The van der Waals surface area contributed by atoms with E-state index >= 15 is 0 Å². The molecule has 1 heterocycles. The first-order valence-corrected chi connectivity index (χ1v) is 6.70. The molecule has 2 aliphatic carbocycles. The van der Waals surface area contributed by atoms with Crippen LogP contribution >= 0.6 is 15.9 Å². The van der Waals surface area contributed by atoms with Crippen molar-refractivity contribution in [3.8, 4) is 0 Å². The molecule has 0 bridgehead atoms. The van der Waals surface area contributed by atoms with Crippen LogP contribution in [0.2, 0.25) is 0 Å². The lowest BCUT2D eigenvalue weighted by molar-refractivity contribution is 0.430. The molecule has 1 aromatic heterocycles. The molecular formula is C11H15BrN2O. The lowest BCUT2D eigenvalue weighted by Crippen LogP contribution is -1.87. The van der Waals surface area contributed by atoms with Crippen molar-refractivity contribution in [1.29, 1.82) is 0 Å². The predicted molar refractivity (Wildman–Crippen MR) is 59.8 cm³/mol. The Kier molecular flexibility index (Phi) is 2.34. The van der Waals surface area contributed by atoms with Crippen molar-refractivity contribution in [2.45, 2.75) is 43.4 Å². The summed E-state index contributed by atoms with van der Waals surface area (Å²) < 4.78 is 5.73. The fraction of sp³-hybridized carbons (Fsp3) is 0.818. The molecular weight excluding hydrogens is 256 g/mol. The number of rotatable bonds is 3. The third-order valence-electron chi connectivity index (χ3n) is 3.77. The topological polar surface area (TPSA) is 38.9 Å². The summed E-state index contributed by atoms with van der Waals surface area (Å²) in [6.45, 7) is 2.11. The van der Waals surface area contributed by atoms with Gasteiger partial charge in [0.05, 0.1) is 4.83 Å². The van der Waals surface area contributed by atoms with Gasteiger partial charge in [0.15, 0.2) is 0 Å². The summed E-state index contributed by atoms with van der Waals surface area (Å²) in [5.74, 6) is 3.94. The van der Waals surface area contributed by atoms with Crippen molar-refractivity contribution < 1.29 is 4.42 Å². The second-order valence-electron chi connectivity index (χ2n) is 4.64. The average Bonchev–Trinajstić information content (AvgIpc) is 2.74. The second kappa shape index (κ2) is 3.58. The molecule has 0 amide bonds. The van der Waals surface area contributed by atoms with Gasteiger partial charge in [-0.05, 0) is 31.1 Å². The summed E-state index contributed by atoms with van der Waals surface area (Å²) in [5, 5.41) is 8.29. The van der Waals surface area contributed by atoms with Crippen molar-refractivity contribution >= 4 is 15.9 Å². The molecule has 2 fully saturated rings. The first-order valence-electron chi connectivity index (χ1n) is 5.78. The Bertz CT molecular complexity index is 355. The molecule has 3 rings (SSSR count). The molecule has 82 valence electrons. The Morgan fingerprint density at radius 3 is 2.80 bits per heavy atom. The minimum Gasteiger partial charge on any atom is -0.424 e. The summed E-state index contributed by atoms with van der Waals surface area (Å²) in [6.07, 6.45) is 5.10. The predicted octanol–water partition coefficient (Wildman–Crippen LogP) is 3.43. The van der Waals surface area contributed by atoms with Crippen LogP contribution in [0.4, 0.5) is 0 Å². The van der Waals surface area contributed by atoms with E-state index in [1.165, 1.54) is 19.3 Å². The summed E-state index contributed by atoms with van der Waals surface area (Å²) in [7, 11) is 0. The number of nitrogens with zero attached hydrogens (tertiary/aromatic N) is 2. The quantitative estimate of drug-likeness (QED) is 0.790. The standard InChI is InChI=1S/C11H15BrN2O/c1-2-8(12)10-13-14-11(15-10)9-6-4-3-5-7(6)9/h6-9H,2-5H2,1H3. The maximum absolute atomic E-state index is 5.73. The first-order chi connectivity index (χ1) is 7.31. The minimum atomic E-state index is 0.220. The van der Waals surface area contributed by atoms with Gasteiger partial charge in [-0.25, -0.2) is 0 Å². The normalized spacial score (nSPS) is 35.2. The highest BCUT2D eigenvalue weighted by Crippen LogP contribution is 2.62.